The van der Waals surface area contributed by atoms with E-state index in [4.69, 9.17) is 0 Å². The van der Waals surface area contributed by atoms with Crippen molar-refractivity contribution in [2.24, 2.45) is 10.2 Å². The molecule has 0 saturated carbocycles. The third-order valence-corrected chi connectivity index (χ3v) is 5.34. The largest absolute Gasteiger partial charge is 0.338 e. The molecule has 6 aromatic rings. The van der Waals surface area contributed by atoms with Gasteiger partial charge in [-0.3, -0.25) is 0 Å². The molecule has 0 saturated heterocycles. The highest BCUT2D eigenvalue weighted by Crippen LogP contribution is 2.26. The number of para-hydroxylation sites is 4. The smallest absolute Gasteiger partial charge is 0.138 e. The van der Waals surface area contributed by atoms with Gasteiger partial charge >= 0.3 is 0 Å². The highest BCUT2D eigenvalue weighted by atomic mass is 15.1. The average Bonchev–Trinajstić information content (AvgIpc) is 3.48. The molecule has 32 heavy (non-hydrogen) atoms. The summed E-state index contributed by atoms with van der Waals surface area (Å²) in [6.45, 7) is 0. The maximum absolute atomic E-state index is 4.64. The van der Waals surface area contributed by atoms with Crippen LogP contribution in [0.2, 0.25) is 0 Å². The monoisotopic (exact) mass is 414 g/mol. The molecule has 6 nitrogen and oxygen atoms in total. The summed E-state index contributed by atoms with van der Waals surface area (Å²) < 4.78 is 0. The predicted octanol–water partition coefficient (Wildman–Crippen LogP) is 7.19. The van der Waals surface area contributed by atoms with Crippen molar-refractivity contribution in [2.45, 2.75) is 0 Å². The molecule has 4 aromatic carbocycles. The SMILES string of the molecule is c1ccc2[nH]c(-c3ccc(N=Nc4ccc(-c5nc6ccccc6[nH]5)cc4)cc3)nc2c1. The number of hydrogen-bond acceptors (Lipinski definition) is 4. The molecule has 0 amide bonds. The number of nitrogens with one attached hydrogen (secondary N) is 2. The van der Waals surface area contributed by atoms with Gasteiger partial charge in [-0.1, -0.05) is 24.3 Å². The van der Waals surface area contributed by atoms with E-state index in [1.165, 1.54) is 0 Å². The van der Waals surface area contributed by atoms with Crippen molar-refractivity contribution in [2.75, 3.05) is 0 Å². The quantitative estimate of drug-likeness (QED) is 0.299. The lowest BCUT2D eigenvalue weighted by Gasteiger charge is -1.99. The Morgan fingerprint density at radius 1 is 0.469 bits per heavy atom. The van der Waals surface area contributed by atoms with Crippen LogP contribution >= 0.6 is 0 Å². The van der Waals surface area contributed by atoms with Crippen LogP contribution in [0.1, 0.15) is 0 Å². The van der Waals surface area contributed by atoms with Gasteiger partial charge in [0.25, 0.3) is 0 Å². The van der Waals surface area contributed by atoms with Crippen molar-refractivity contribution < 1.29 is 0 Å². The van der Waals surface area contributed by atoms with Crippen LogP contribution in [0.4, 0.5) is 11.4 Å². The zero-order chi connectivity index (χ0) is 21.3. The van der Waals surface area contributed by atoms with E-state index in [0.29, 0.717) is 0 Å². The first kappa shape index (κ1) is 18.2. The van der Waals surface area contributed by atoms with Crippen LogP contribution in [-0.2, 0) is 0 Å². The van der Waals surface area contributed by atoms with E-state index in [0.717, 1.165) is 56.2 Å². The second kappa shape index (κ2) is 7.59. The maximum atomic E-state index is 4.64. The Kier molecular flexibility index (Phi) is 4.32. The number of nitrogens with zero attached hydrogens (tertiary/aromatic N) is 4. The summed E-state index contributed by atoms with van der Waals surface area (Å²) in [6.07, 6.45) is 0. The molecule has 0 unspecified atom stereocenters. The Morgan fingerprint density at radius 2 is 0.875 bits per heavy atom. The van der Waals surface area contributed by atoms with Gasteiger partial charge in [-0.25, -0.2) is 9.97 Å². The number of aromatic amines is 2. The van der Waals surface area contributed by atoms with E-state index in [2.05, 4.69) is 30.2 Å². The molecule has 152 valence electrons. The van der Waals surface area contributed by atoms with Gasteiger partial charge < -0.3 is 9.97 Å². The summed E-state index contributed by atoms with van der Waals surface area (Å²) in [5, 5.41) is 8.72. The van der Waals surface area contributed by atoms with E-state index >= 15 is 0 Å². The van der Waals surface area contributed by atoms with E-state index < -0.39 is 0 Å². The lowest BCUT2D eigenvalue weighted by molar-refractivity contribution is 1.23. The number of fused-ring (bicyclic) bond motifs is 2. The lowest BCUT2D eigenvalue weighted by atomic mass is 10.2. The Hall–Kier alpha value is -4.58. The summed E-state index contributed by atoms with van der Waals surface area (Å²) in [6, 6.07) is 31.7. The fourth-order valence-corrected chi connectivity index (χ4v) is 3.67. The fraction of sp³-hybridized carbons (Fsp3) is 0. The molecule has 0 spiro atoms. The van der Waals surface area contributed by atoms with Crippen LogP contribution in [0, 0.1) is 0 Å². The van der Waals surface area contributed by atoms with Gasteiger partial charge in [0.2, 0.25) is 0 Å². The van der Waals surface area contributed by atoms with E-state index in [1.54, 1.807) is 0 Å². The molecule has 2 aromatic heterocycles. The summed E-state index contributed by atoms with van der Waals surface area (Å²) in [5.74, 6) is 1.69. The predicted molar refractivity (Wildman–Crippen MR) is 127 cm³/mol. The minimum Gasteiger partial charge on any atom is -0.338 e. The molecule has 6 heteroatoms. The molecule has 0 atom stereocenters. The number of rotatable bonds is 4. The zero-order valence-electron chi connectivity index (χ0n) is 17.0. The van der Waals surface area contributed by atoms with Gasteiger partial charge in [-0.15, -0.1) is 0 Å². The van der Waals surface area contributed by atoms with Crippen LogP contribution in [0.25, 0.3) is 44.8 Å². The summed E-state index contributed by atoms with van der Waals surface area (Å²) in [5.41, 5.74) is 7.55. The highest BCUT2D eigenvalue weighted by Gasteiger charge is 2.06. The Bertz CT molecular complexity index is 1370. The maximum Gasteiger partial charge on any atom is 0.138 e. The van der Waals surface area contributed by atoms with Crippen LogP contribution < -0.4 is 0 Å². The molecule has 0 aliphatic heterocycles. The summed E-state index contributed by atoms with van der Waals surface area (Å²) >= 11 is 0. The van der Waals surface area contributed by atoms with Gasteiger partial charge in [0.1, 0.15) is 11.6 Å². The second-order valence-corrected chi connectivity index (χ2v) is 7.50. The minimum absolute atomic E-state index is 0.784. The Balaban J connectivity index is 1.19. The van der Waals surface area contributed by atoms with Gasteiger partial charge in [0.05, 0.1) is 33.4 Å². The molecular weight excluding hydrogens is 396 g/mol. The van der Waals surface area contributed by atoms with E-state index in [9.17, 15) is 0 Å². The van der Waals surface area contributed by atoms with Crippen LogP contribution in [0.15, 0.2) is 107 Å². The molecular formula is C26H18N6. The van der Waals surface area contributed by atoms with Gasteiger partial charge in [-0.05, 0) is 72.8 Å². The van der Waals surface area contributed by atoms with Crippen LogP contribution in [-0.4, -0.2) is 19.9 Å². The van der Waals surface area contributed by atoms with Crippen molar-refractivity contribution in [1.82, 2.24) is 19.9 Å². The molecule has 6 rings (SSSR count). The van der Waals surface area contributed by atoms with Gasteiger partial charge in [0.15, 0.2) is 0 Å². The number of benzene rings is 4. The standard InChI is InChI=1S/C26H18N6/c1-2-6-22-21(5-1)27-25(28-22)17-9-13-19(14-10-17)31-32-20-15-11-18(12-16-20)26-29-23-7-3-4-8-24(23)30-26/h1-16H,(H,27,28)(H,29,30). The van der Waals surface area contributed by atoms with Crippen molar-refractivity contribution in [3.05, 3.63) is 97.1 Å². The Morgan fingerprint density at radius 3 is 1.28 bits per heavy atom. The Labute approximate surface area is 183 Å². The molecule has 2 N–H and O–H groups in total. The lowest BCUT2D eigenvalue weighted by Crippen LogP contribution is -1.79. The molecule has 0 fully saturated rings. The number of imidazole rings is 2. The number of aromatic nitrogens is 4. The van der Waals surface area contributed by atoms with Gasteiger partial charge in [0, 0.05) is 11.1 Å². The molecule has 0 bridgehead atoms. The van der Waals surface area contributed by atoms with Crippen molar-refractivity contribution in [3.8, 4) is 22.8 Å². The van der Waals surface area contributed by atoms with Gasteiger partial charge in [-0.2, -0.15) is 10.2 Å². The fourth-order valence-electron chi connectivity index (χ4n) is 3.67. The molecule has 0 aliphatic carbocycles. The normalized spacial score (nSPS) is 11.6. The van der Waals surface area contributed by atoms with Crippen LogP contribution in [0.5, 0.6) is 0 Å². The number of azo groups is 1. The first-order valence-electron chi connectivity index (χ1n) is 10.3. The third-order valence-electron chi connectivity index (χ3n) is 5.34. The minimum atomic E-state index is 0.784. The zero-order valence-corrected chi connectivity index (χ0v) is 17.0. The molecule has 0 aliphatic rings. The highest BCUT2D eigenvalue weighted by molar-refractivity contribution is 5.80. The van der Waals surface area contributed by atoms with E-state index in [1.807, 2.05) is 97.1 Å². The number of H-pyrrole nitrogens is 2. The summed E-state index contributed by atoms with van der Waals surface area (Å²) in [7, 11) is 0. The first-order chi connectivity index (χ1) is 15.8. The average molecular weight is 414 g/mol. The topological polar surface area (TPSA) is 82.1 Å². The first-order valence-corrected chi connectivity index (χ1v) is 10.3. The molecule has 2 heterocycles. The van der Waals surface area contributed by atoms with Crippen molar-refractivity contribution in [3.63, 3.8) is 0 Å². The number of hydrogen-bond donors (Lipinski definition) is 2. The van der Waals surface area contributed by atoms with Crippen molar-refractivity contribution >= 4 is 33.4 Å². The second-order valence-electron chi connectivity index (χ2n) is 7.50. The third kappa shape index (κ3) is 3.44. The molecule has 0 radical (unpaired) electrons. The van der Waals surface area contributed by atoms with E-state index in [-0.39, 0.29) is 0 Å². The van der Waals surface area contributed by atoms with Crippen LogP contribution in [0.3, 0.4) is 0 Å². The summed E-state index contributed by atoms with van der Waals surface area (Å²) in [4.78, 5) is 16.0. The van der Waals surface area contributed by atoms with Crippen molar-refractivity contribution in [1.29, 1.82) is 0 Å².